The summed E-state index contributed by atoms with van der Waals surface area (Å²) in [6.07, 6.45) is 3.56. The first kappa shape index (κ1) is 11.8. The van der Waals surface area contributed by atoms with E-state index in [2.05, 4.69) is 5.10 Å². The Kier molecular flexibility index (Phi) is 3.23. The molecule has 1 aliphatic rings. The monoisotopic (exact) mass is 238 g/mol. The number of nitrogens with zero attached hydrogens (tertiary/aromatic N) is 2. The summed E-state index contributed by atoms with van der Waals surface area (Å²) in [5.41, 5.74) is 0.481. The Hall–Kier alpha value is -1.69. The molecule has 0 bridgehead atoms. The molecule has 0 radical (unpaired) electrons. The zero-order chi connectivity index (χ0) is 12.4. The minimum Gasteiger partial charge on any atom is -0.481 e. The molecule has 1 fully saturated rings. The molecule has 0 aliphatic heterocycles. The van der Waals surface area contributed by atoms with E-state index >= 15 is 0 Å². The van der Waals surface area contributed by atoms with E-state index in [-0.39, 0.29) is 11.7 Å². The number of carboxylic acid groups (broad SMARTS) is 1. The first-order valence-corrected chi connectivity index (χ1v) is 5.42. The maximum Gasteiger partial charge on any atom is 0.307 e. The summed E-state index contributed by atoms with van der Waals surface area (Å²) in [5.74, 6) is -1.89. The largest absolute Gasteiger partial charge is 0.481 e. The lowest BCUT2D eigenvalue weighted by molar-refractivity contribution is -0.138. The van der Waals surface area contributed by atoms with E-state index in [1.807, 2.05) is 0 Å². The highest BCUT2D eigenvalue weighted by atomic mass is 16.5. The molecule has 0 amide bonds. The zero-order valence-corrected chi connectivity index (χ0v) is 9.50. The molecule has 1 aromatic rings. The number of aromatic nitrogens is 2. The number of rotatable bonds is 6. The van der Waals surface area contributed by atoms with Crippen LogP contribution in [0.2, 0.25) is 0 Å². The highest BCUT2D eigenvalue weighted by Gasteiger charge is 2.48. The van der Waals surface area contributed by atoms with Gasteiger partial charge in [-0.3, -0.25) is 14.3 Å². The van der Waals surface area contributed by atoms with Crippen LogP contribution in [-0.2, 0) is 16.1 Å². The molecule has 1 aromatic heterocycles. The van der Waals surface area contributed by atoms with Crippen LogP contribution in [0.5, 0.6) is 0 Å². The quantitative estimate of drug-likeness (QED) is 0.727. The molecule has 1 N–H and O–H groups in total. The Labute approximate surface area is 98.2 Å². The van der Waals surface area contributed by atoms with E-state index in [1.54, 1.807) is 18.0 Å². The molecule has 92 valence electrons. The summed E-state index contributed by atoms with van der Waals surface area (Å²) < 4.78 is 6.52. The van der Waals surface area contributed by atoms with E-state index in [0.29, 0.717) is 25.1 Å². The third-order valence-corrected chi connectivity index (χ3v) is 2.89. The Morgan fingerprint density at radius 1 is 1.59 bits per heavy atom. The number of carbonyl (C=O) groups excluding carboxylic acids is 1. The van der Waals surface area contributed by atoms with Gasteiger partial charge in [0.15, 0.2) is 5.78 Å². The average Bonchev–Trinajstić information content (AvgIpc) is 2.98. The SMILES string of the molecule is COCCn1cc(C(=O)[C@@H]2C[C@H]2C(=O)O)cn1. The standard InChI is InChI=1S/C11H14N2O4/c1-17-3-2-13-6-7(5-12-13)10(14)8-4-9(8)11(15)16/h5-6,8-9H,2-4H2,1H3,(H,15,16)/t8-,9-/m1/s1. The van der Waals surface area contributed by atoms with Crippen molar-refractivity contribution < 1.29 is 19.4 Å². The normalized spacial score (nSPS) is 22.4. The number of ether oxygens (including phenoxy) is 1. The Morgan fingerprint density at radius 3 is 2.94 bits per heavy atom. The van der Waals surface area contributed by atoms with Crippen molar-refractivity contribution in [3.8, 4) is 0 Å². The van der Waals surface area contributed by atoms with Gasteiger partial charge in [0, 0.05) is 19.2 Å². The fourth-order valence-electron chi connectivity index (χ4n) is 1.77. The van der Waals surface area contributed by atoms with Gasteiger partial charge in [-0.15, -0.1) is 0 Å². The number of hydrogen-bond acceptors (Lipinski definition) is 4. The van der Waals surface area contributed by atoms with Gasteiger partial charge in [0.05, 0.1) is 30.8 Å². The van der Waals surface area contributed by atoms with E-state index in [9.17, 15) is 9.59 Å². The Balaban J connectivity index is 1.96. The van der Waals surface area contributed by atoms with Crippen LogP contribution in [0.4, 0.5) is 0 Å². The van der Waals surface area contributed by atoms with Crippen LogP contribution in [0.25, 0.3) is 0 Å². The number of carboxylic acids is 1. The molecule has 1 heterocycles. The number of aliphatic carboxylic acids is 1. The molecule has 0 spiro atoms. The molecule has 6 nitrogen and oxygen atoms in total. The highest BCUT2D eigenvalue weighted by molar-refractivity contribution is 6.02. The maximum atomic E-state index is 11.9. The van der Waals surface area contributed by atoms with Gasteiger partial charge < -0.3 is 9.84 Å². The van der Waals surface area contributed by atoms with Crippen molar-refractivity contribution in [3.63, 3.8) is 0 Å². The van der Waals surface area contributed by atoms with Crippen molar-refractivity contribution >= 4 is 11.8 Å². The van der Waals surface area contributed by atoms with Gasteiger partial charge in [-0.25, -0.2) is 0 Å². The predicted octanol–water partition coefficient (Wildman–Crippen LogP) is 0.433. The molecular formula is C11H14N2O4. The van der Waals surface area contributed by atoms with Crippen LogP contribution in [0.1, 0.15) is 16.8 Å². The van der Waals surface area contributed by atoms with E-state index in [4.69, 9.17) is 9.84 Å². The molecular weight excluding hydrogens is 224 g/mol. The van der Waals surface area contributed by atoms with Crippen LogP contribution in [0, 0.1) is 11.8 Å². The molecule has 17 heavy (non-hydrogen) atoms. The van der Waals surface area contributed by atoms with Crippen LogP contribution >= 0.6 is 0 Å². The third kappa shape index (κ3) is 2.52. The highest BCUT2D eigenvalue weighted by Crippen LogP contribution is 2.40. The van der Waals surface area contributed by atoms with Gasteiger partial charge >= 0.3 is 5.97 Å². The molecule has 0 unspecified atom stereocenters. The lowest BCUT2D eigenvalue weighted by atomic mass is 10.1. The van der Waals surface area contributed by atoms with E-state index in [0.717, 1.165) is 0 Å². The van der Waals surface area contributed by atoms with Crippen LogP contribution < -0.4 is 0 Å². The second-order valence-electron chi connectivity index (χ2n) is 4.14. The number of methoxy groups -OCH3 is 1. The van der Waals surface area contributed by atoms with Crippen molar-refractivity contribution in [2.45, 2.75) is 13.0 Å². The smallest absolute Gasteiger partial charge is 0.307 e. The number of hydrogen-bond donors (Lipinski definition) is 1. The summed E-state index contributed by atoms with van der Waals surface area (Å²) in [5, 5.41) is 12.8. The molecule has 2 rings (SSSR count). The summed E-state index contributed by atoms with van der Waals surface area (Å²) in [4.78, 5) is 22.5. The summed E-state index contributed by atoms with van der Waals surface area (Å²) >= 11 is 0. The van der Waals surface area contributed by atoms with Crippen molar-refractivity contribution in [3.05, 3.63) is 18.0 Å². The summed E-state index contributed by atoms with van der Waals surface area (Å²) in [6.45, 7) is 1.10. The molecule has 2 atom stereocenters. The third-order valence-electron chi connectivity index (χ3n) is 2.89. The fraction of sp³-hybridized carbons (Fsp3) is 0.545. The van der Waals surface area contributed by atoms with Crippen molar-refractivity contribution in [2.75, 3.05) is 13.7 Å². The maximum absolute atomic E-state index is 11.9. The average molecular weight is 238 g/mol. The second-order valence-corrected chi connectivity index (χ2v) is 4.14. The topological polar surface area (TPSA) is 81.4 Å². The van der Waals surface area contributed by atoms with Gasteiger partial charge in [-0.05, 0) is 6.42 Å². The van der Waals surface area contributed by atoms with Gasteiger partial charge in [0.2, 0.25) is 0 Å². The first-order chi connectivity index (χ1) is 8.13. The van der Waals surface area contributed by atoms with Crippen LogP contribution in [-0.4, -0.2) is 40.4 Å². The molecule has 0 saturated heterocycles. The fourth-order valence-corrected chi connectivity index (χ4v) is 1.77. The summed E-state index contributed by atoms with van der Waals surface area (Å²) in [6, 6.07) is 0. The van der Waals surface area contributed by atoms with Crippen molar-refractivity contribution in [1.29, 1.82) is 0 Å². The molecule has 6 heteroatoms. The minimum absolute atomic E-state index is 0.124. The predicted molar refractivity (Wildman–Crippen MR) is 57.7 cm³/mol. The van der Waals surface area contributed by atoms with Crippen molar-refractivity contribution in [1.82, 2.24) is 9.78 Å². The van der Waals surface area contributed by atoms with Crippen molar-refractivity contribution in [2.24, 2.45) is 11.8 Å². The second kappa shape index (κ2) is 4.67. The van der Waals surface area contributed by atoms with E-state index in [1.165, 1.54) is 6.20 Å². The summed E-state index contributed by atoms with van der Waals surface area (Å²) in [7, 11) is 1.59. The first-order valence-electron chi connectivity index (χ1n) is 5.42. The van der Waals surface area contributed by atoms with Gasteiger partial charge in [-0.1, -0.05) is 0 Å². The van der Waals surface area contributed by atoms with Crippen LogP contribution in [0.15, 0.2) is 12.4 Å². The zero-order valence-electron chi connectivity index (χ0n) is 9.50. The molecule has 1 aliphatic carbocycles. The number of ketones is 1. The molecule has 0 aromatic carbocycles. The van der Waals surface area contributed by atoms with Gasteiger partial charge in [0.1, 0.15) is 0 Å². The lowest BCUT2D eigenvalue weighted by Gasteiger charge is -1.98. The molecule has 1 saturated carbocycles. The van der Waals surface area contributed by atoms with Crippen LogP contribution in [0.3, 0.4) is 0 Å². The number of carbonyl (C=O) groups is 2. The van der Waals surface area contributed by atoms with Gasteiger partial charge in [0.25, 0.3) is 0 Å². The number of Topliss-reactive ketones (excluding diaryl/α,β-unsaturated/α-hetero) is 1. The Morgan fingerprint density at radius 2 is 2.35 bits per heavy atom. The lowest BCUT2D eigenvalue weighted by Crippen LogP contribution is -2.08. The Bertz CT molecular complexity index is 440. The van der Waals surface area contributed by atoms with Gasteiger partial charge in [-0.2, -0.15) is 5.10 Å². The minimum atomic E-state index is -0.893. The van der Waals surface area contributed by atoms with E-state index < -0.39 is 11.9 Å².